The van der Waals surface area contributed by atoms with E-state index in [1.165, 1.54) is 37.7 Å². The molecule has 2 heterocycles. The number of nitrogens with one attached hydrogen (secondary N) is 1. The maximum absolute atomic E-state index is 6.80. The molecule has 0 aromatic heterocycles. The van der Waals surface area contributed by atoms with E-state index in [9.17, 15) is 0 Å². The molecule has 5 unspecified atom stereocenters. The van der Waals surface area contributed by atoms with Crippen LogP contribution in [0.1, 0.15) is 51.0 Å². The third kappa shape index (κ3) is 1.75. The van der Waals surface area contributed by atoms with Crippen LogP contribution in [0.25, 0.3) is 0 Å². The molecule has 2 saturated carbocycles. The van der Waals surface area contributed by atoms with Crippen molar-refractivity contribution < 1.29 is 9.47 Å². The Hall–Kier alpha value is -1.06. The fraction of sp³-hybridized carbons (Fsp3) is 0.714. The molecule has 5 rings (SSSR count). The molecule has 130 valence electrons. The highest BCUT2D eigenvalue weighted by atomic mass is 16.5. The van der Waals surface area contributed by atoms with Gasteiger partial charge in [0.25, 0.3) is 0 Å². The van der Waals surface area contributed by atoms with E-state index >= 15 is 0 Å². The monoisotopic (exact) mass is 327 g/mol. The van der Waals surface area contributed by atoms with Crippen molar-refractivity contribution in [3.05, 3.63) is 29.8 Å². The molecule has 1 saturated heterocycles. The lowest BCUT2D eigenvalue weighted by Gasteiger charge is -2.64. The first-order valence-corrected chi connectivity index (χ1v) is 9.91. The molecule has 1 spiro atoms. The normalized spacial score (nSPS) is 42.1. The predicted molar refractivity (Wildman–Crippen MR) is 94.4 cm³/mol. The minimum absolute atomic E-state index is 0.0262. The molecule has 3 heteroatoms. The van der Waals surface area contributed by atoms with Gasteiger partial charge in [-0.1, -0.05) is 25.1 Å². The summed E-state index contributed by atoms with van der Waals surface area (Å²) in [5.74, 6) is 2.38. The molecule has 1 aromatic rings. The van der Waals surface area contributed by atoms with Crippen LogP contribution < -0.4 is 10.1 Å². The van der Waals surface area contributed by atoms with Gasteiger partial charge in [-0.25, -0.2) is 0 Å². The highest BCUT2D eigenvalue weighted by molar-refractivity contribution is 5.51. The largest absolute Gasteiger partial charge is 0.486 e. The first kappa shape index (κ1) is 15.2. The van der Waals surface area contributed by atoms with Gasteiger partial charge in [0, 0.05) is 36.1 Å². The molecule has 3 nitrogen and oxygen atoms in total. The highest BCUT2D eigenvalue weighted by Gasteiger charge is 2.71. The summed E-state index contributed by atoms with van der Waals surface area (Å²) in [6, 6.07) is 9.56. The number of para-hydroxylation sites is 1. The standard InChI is InChI=1S/C21H29NO2/c1-2-12-23-14-15-13-22-18-9-11-20-10-5-7-16(18)21(15,20)17-6-3-4-8-19(17)24-20/h3-4,6,8,15-16,18,22H,2,5,7,9-14H2,1H3. The molecule has 5 atom stereocenters. The Bertz CT molecular complexity index is 632. The summed E-state index contributed by atoms with van der Waals surface area (Å²) in [7, 11) is 0. The Balaban J connectivity index is 1.65. The van der Waals surface area contributed by atoms with E-state index in [-0.39, 0.29) is 11.0 Å². The second-order valence-electron chi connectivity index (χ2n) is 8.29. The maximum atomic E-state index is 6.80. The summed E-state index contributed by atoms with van der Waals surface area (Å²) < 4.78 is 12.9. The number of hydrogen-bond donors (Lipinski definition) is 1. The second kappa shape index (κ2) is 5.47. The molecule has 1 aromatic carbocycles. The van der Waals surface area contributed by atoms with Crippen LogP contribution in [-0.2, 0) is 10.2 Å². The zero-order chi connectivity index (χ0) is 16.2. The average Bonchev–Trinajstić information content (AvgIpc) is 2.90. The minimum Gasteiger partial charge on any atom is -0.486 e. The lowest BCUT2D eigenvalue weighted by Crippen LogP contribution is -2.74. The van der Waals surface area contributed by atoms with Crippen LogP contribution in [0.15, 0.2) is 24.3 Å². The van der Waals surface area contributed by atoms with E-state index in [1.54, 1.807) is 0 Å². The number of piperidine rings is 1. The van der Waals surface area contributed by atoms with Crippen molar-refractivity contribution in [3.63, 3.8) is 0 Å². The molecule has 0 radical (unpaired) electrons. The van der Waals surface area contributed by atoms with Gasteiger partial charge in [-0.3, -0.25) is 0 Å². The molecule has 2 aliphatic heterocycles. The second-order valence-corrected chi connectivity index (χ2v) is 8.29. The summed E-state index contributed by atoms with van der Waals surface area (Å²) in [4.78, 5) is 0. The van der Waals surface area contributed by atoms with Gasteiger partial charge in [-0.2, -0.15) is 0 Å². The SMILES string of the molecule is CCCOCC1CNC2CCC34CCCC2C13c1ccccc1O4. The maximum Gasteiger partial charge on any atom is 0.124 e. The molecule has 2 aliphatic carbocycles. The number of ether oxygens (including phenoxy) is 2. The van der Waals surface area contributed by atoms with E-state index in [0.717, 1.165) is 31.9 Å². The minimum atomic E-state index is 0.0262. The van der Waals surface area contributed by atoms with Gasteiger partial charge in [0.15, 0.2) is 0 Å². The zero-order valence-electron chi connectivity index (χ0n) is 14.7. The Kier molecular flexibility index (Phi) is 3.47. The molecule has 4 bridgehead atoms. The fourth-order valence-corrected chi connectivity index (χ4v) is 6.71. The predicted octanol–water partition coefficient (Wildman–Crippen LogP) is 3.66. The van der Waals surface area contributed by atoms with Crippen LogP contribution >= 0.6 is 0 Å². The molecule has 4 aliphatic rings. The third-order valence-electron chi connectivity index (χ3n) is 7.36. The first-order chi connectivity index (χ1) is 11.8. The summed E-state index contributed by atoms with van der Waals surface area (Å²) in [5, 5.41) is 3.88. The van der Waals surface area contributed by atoms with Gasteiger partial charge < -0.3 is 14.8 Å². The van der Waals surface area contributed by atoms with Crippen LogP contribution in [0, 0.1) is 11.8 Å². The van der Waals surface area contributed by atoms with Crippen molar-refractivity contribution in [1.82, 2.24) is 5.32 Å². The molecule has 3 fully saturated rings. The van der Waals surface area contributed by atoms with Crippen molar-refractivity contribution in [2.75, 3.05) is 19.8 Å². The van der Waals surface area contributed by atoms with Crippen molar-refractivity contribution in [2.45, 2.75) is 62.5 Å². The zero-order valence-corrected chi connectivity index (χ0v) is 14.7. The van der Waals surface area contributed by atoms with Crippen LogP contribution in [0.5, 0.6) is 5.75 Å². The first-order valence-electron chi connectivity index (χ1n) is 9.91. The molecular formula is C21H29NO2. The quantitative estimate of drug-likeness (QED) is 0.856. The van der Waals surface area contributed by atoms with E-state index in [4.69, 9.17) is 9.47 Å². The summed E-state index contributed by atoms with van der Waals surface area (Å²) in [6.07, 6.45) is 7.41. The number of hydrogen-bond acceptors (Lipinski definition) is 3. The topological polar surface area (TPSA) is 30.5 Å². The highest BCUT2D eigenvalue weighted by Crippen LogP contribution is 2.67. The van der Waals surface area contributed by atoms with E-state index < -0.39 is 0 Å². The Morgan fingerprint density at radius 2 is 2.17 bits per heavy atom. The van der Waals surface area contributed by atoms with Crippen LogP contribution in [0.3, 0.4) is 0 Å². The summed E-state index contributed by atoms with van der Waals surface area (Å²) in [5.41, 5.74) is 1.69. The van der Waals surface area contributed by atoms with E-state index in [0.29, 0.717) is 17.9 Å². The van der Waals surface area contributed by atoms with Crippen LogP contribution in [0.4, 0.5) is 0 Å². The van der Waals surface area contributed by atoms with Gasteiger partial charge in [0.05, 0.1) is 6.61 Å². The fourth-order valence-electron chi connectivity index (χ4n) is 6.71. The Labute approximate surface area is 145 Å². The lowest BCUT2D eigenvalue weighted by molar-refractivity contribution is -0.150. The Morgan fingerprint density at radius 3 is 3.08 bits per heavy atom. The molecule has 0 amide bonds. The number of rotatable bonds is 4. The number of benzene rings is 1. The summed E-state index contributed by atoms with van der Waals surface area (Å²) >= 11 is 0. The smallest absolute Gasteiger partial charge is 0.124 e. The average molecular weight is 327 g/mol. The van der Waals surface area contributed by atoms with Crippen molar-refractivity contribution in [2.24, 2.45) is 11.8 Å². The summed E-state index contributed by atoms with van der Waals surface area (Å²) in [6.45, 7) is 5.00. The van der Waals surface area contributed by atoms with Crippen molar-refractivity contribution in [1.29, 1.82) is 0 Å². The Morgan fingerprint density at radius 1 is 1.25 bits per heavy atom. The molecular weight excluding hydrogens is 298 g/mol. The van der Waals surface area contributed by atoms with Gasteiger partial charge in [-0.15, -0.1) is 0 Å². The molecule has 24 heavy (non-hydrogen) atoms. The van der Waals surface area contributed by atoms with E-state index in [2.05, 4.69) is 36.5 Å². The van der Waals surface area contributed by atoms with Gasteiger partial charge in [-0.05, 0) is 50.5 Å². The number of fused-ring (bicyclic) bond motifs is 1. The van der Waals surface area contributed by atoms with E-state index in [1.807, 2.05) is 0 Å². The van der Waals surface area contributed by atoms with Gasteiger partial charge >= 0.3 is 0 Å². The van der Waals surface area contributed by atoms with Crippen molar-refractivity contribution in [3.8, 4) is 5.75 Å². The third-order valence-corrected chi connectivity index (χ3v) is 7.36. The lowest BCUT2D eigenvalue weighted by atomic mass is 9.43. The van der Waals surface area contributed by atoms with Crippen LogP contribution in [-0.4, -0.2) is 31.4 Å². The molecule has 1 N–H and O–H groups in total. The van der Waals surface area contributed by atoms with Gasteiger partial charge in [0.1, 0.15) is 11.4 Å². The van der Waals surface area contributed by atoms with Gasteiger partial charge in [0.2, 0.25) is 0 Å². The van der Waals surface area contributed by atoms with Crippen LogP contribution in [0.2, 0.25) is 0 Å². The van der Waals surface area contributed by atoms with Crippen molar-refractivity contribution >= 4 is 0 Å².